The average molecular weight is 309 g/mol. The van der Waals surface area contributed by atoms with Crippen molar-refractivity contribution in [1.82, 2.24) is 14.8 Å². The Balaban J connectivity index is 1.92. The minimum absolute atomic E-state index is 0.226. The average Bonchev–Trinajstić information content (AvgIpc) is 2.96. The van der Waals surface area contributed by atoms with E-state index in [0.29, 0.717) is 17.1 Å². The maximum atomic E-state index is 11.2. The van der Waals surface area contributed by atoms with Crippen molar-refractivity contribution in [2.24, 2.45) is 7.05 Å². The first-order valence-corrected chi connectivity index (χ1v) is 7.00. The van der Waals surface area contributed by atoms with Crippen LogP contribution in [0.15, 0.2) is 48.9 Å². The van der Waals surface area contributed by atoms with Crippen LogP contribution < -0.4 is 4.74 Å². The smallest absolute Gasteiger partial charge is 0.336 e. The SMILES string of the molecule is Cc1c(Oc2ccnc(-c3cnn(C)c3)c2)cccc1C(=O)O. The molecule has 23 heavy (non-hydrogen) atoms. The molecule has 3 aromatic rings. The summed E-state index contributed by atoms with van der Waals surface area (Å²) in [4.78, 5) is 15.5. The molecule has 0 amide bonds. The van der Waals surface area contributed by atoms with Crippen molar-refractivity contribution in [1.29, 1.82) is 0 Å². The number of nitrogens with zero attached hydrogens (tertiary/aromatic N) is 3. The van der Waals surface area contributed by atoms with E-state index < -0.39 is 5.97 Å². The molecule has 3 rings (SSSR count). The number of carboxylic acid groups (broad SMARTS) is 1. The first-order valence-electron chi connectivity index (χ1n) is 7.00. The van der Waals surface area contributed by atoms with Crippen LogP contribution in [-0.4, -0.2) is 25.8 Å². The molecule has 0 aliphatic heterocycles. The normalized spacial score (nSPS) is 10.5. The number of aryl methyl sites for hydroxylation is 1. The largest absolute Gasteiger partial charge is 0.478 e. The molecule has 1 N–H and O–H groups in total. The Morgan fingerprint density at radius 1 is 1.30 bits per heavy atom. The summed E-state index contributed by atoms with van der Waals surface area (Å²) in [7, 11) is 1.84. The van der Waals surface area contributed by atoms with Gasteiger partial charge in [-0.05, 0) is 25.1 Å². The van der Waals surface area contributed by atoms with Crippen LogP contribution in [0.3, 0.4) is 0 Å². The number of hydrogen-bond donors (Lipinski definition) is 1. The van der Waals surface area contributed by atoms with Crippen LogP contribution in [0.4, 0.5) is 0 Å². The van der Waals surface area contributed by atoms with Crippen molar-refractivity contribution in [3.8, 4) is 22.8 Å². The highest BCUT2D eigenvalue weighted by Crippen LogP contribution is 2.29. The van der Waals surface area contributed by atoms with Crippen LogP contribution in [0.5, 0.6) is 11.5 Å². The van der Waals surface area contributed by atoms with Gasteiger partial charge in [0, 0.05) is 36.6 Å². The predicted octanol–water partition coefficient (Wildman–Crippen LogP) is 3.28. The number of carboxylic acids is 1. The van der Waals surface area contributed by atoms with E-state index in [0.717, 1.165) is 11.3 Å². The summed E-state index contributed by atoms with van der Waals surface area (Å²) in [5.74, 6) is 0.122. The first kappa shape index (κ1) is 14.8. The Morgan fingerprint density at radius 3 is 2.83 bits per heavy atom. The van der Waals surface area contributed by atoms with Crippen LogP contribution in [0.25, 0.3) is 11.3 Å². The van der Waals surface area contributed by atoms with Gasteiger partial charge in [0.1, 0.15) is 11.5 Å². The maximum Gasteiger partial charge on any atom is 0.336 e. The number of ether oxygens (including phenoxy) is 1. The monoisotopic (exact) mass is 309 g/mol. The standard InChI is InChI=1S/C17H15N3O3/c1-11-14(17(21)22)4-3-5-16(11)23-13-6-7-18-15(8-13)12-9-19-20(2)10-12/h3-10H,1-2H3,(H,21,22). The number of aromatic carboxylic acids is 1. The van der Waals surface area contributed by atoms with Crippen LogP contribution in [0.1, 0.15) is 15.9 Å². The van der Waals surface area contributed by atoms with Crippen molar-refractivity contribution in [2.45, 2.75) is 6.92 Å². The minimum Gasteiger partial charge on any atom is -0.478 e. The molecule has 0 unspecified atom stereocenters. The summed E-state index contributed by atoms with van der Waals surface area (Å²) >= 11 is 0. The van der Waals surface area contributed by atoms with E-state index in [1.165, 1.54) is 0 Å². The van der Waals surface area contributed by atoms with Crippen molar-refractivity contribution < 1.29 is 14.6 Å². The second-order valence-electron chi connectivity index (χ2n) is 5.12. The van der Waals surface area contributed by atoms with Crippen molar-refractivity contribution in [2.75, 3.05) is 0 Å². The van der Waals surface area contributed by atoms with Crippen LogP contribution in [0.2, 0.25) is 0 Å². The van der Waals surface area contributed by atoms with Crippen molar-refractivity contribution >= 4 is 5.97 Å². The number of benzene rings is 1. The van der Waals surface area contributed by atoms with Gasteiger partial charge < -0.3 is 9.84 Å². The summed E-state index contributed by atoms with van der Waals surface area (Å²) in [6.07, 6.45) is 5.23. The van der Waals surface area contributed by atoms with Gasteiger partial charge in [-0.3, -0.25) is 9.67 Å². The number of pyridine rings is 1. The molecule has 0 aliphatic rings. The fraction of sp³-hybridized carbons (Fsp3) is 0.118. The number of carbonyl (C=O) groups is 1. The molecule has 0 fully saturated rings. The molecule has 2 heterocycles. The van der Waals surface area contributed by atoms with Crippen LogP contribution in [0, 0.1) is 6.92 Å². The highest BCUT2D eigenvalue weighted by Gasteiger charge is 2.12. The van der Waals surface area contributed by atoms with E-state index in [1.54, 1.807) is 54.3 Å². The highest BCUT2D eigenvalue weighted by molar-refractivity contribution is 5.90. The summed E-state index contributed by atoms with van der Waals surface area (Å²) in [5.41, 5.74) is 2.43. The predicted molar refractivity (Wildman–Crippen MR) is 84.7 cm³/mol. The van der Waals surface area contributed by atoms with E-state index in [-0.39, 0.29) is 5.56 Å². The van der Waals surface area contributed by atoms with E-state index in [2.05, 4.69) is 10.1 Å². The molecule has 0 aliphatic carbocycles. The van der Waals surface area contributed by atoms with Crippen molar-refractivity contribution in [3.05, 3.63) is 60.0 Å². The number of rotatable bonds is 4. The Morgan fingerprint density at radius 2 is 2.13 bits per heavy atom. The summed E-state index contributed by atoms with van der Waals surface area (Å²) in [5, 5.41) is 13.3. The molecular weight excluding hydrogens is 294 g/mol. The summed E-state index contributed by atoms with van der Waals surface area (Å²) < 4.78 is 7.54. The van der Waals surface area contributed by atoms with Gasteiger partial charge in [0.15, 0.2) is 0 Å². The first-order chi connectivity index (χ1) is 11.0. The number of aromatic nitrogens is 3. The Kier molecular flexibility index (Phi) is 3.80. The lowest BCUT2D eigenvalue weighted by atomic mass is 10.1. The fourth-order valence-electron chi connectivity index (χ4n) is 2.27. The third-order valence-electron chi connectivity index (χ3n) is 3.47. The van der Waals surface area contributed by atoms with Crippen LogP contribution in [-0.2, 0) is 7.05 Å². The Bertz CT molecular complexity index is 871. The van der Waals surface area contributed by atoms with E-state index >= 15 is 0 Å². The van der Waals surface area contributed by atoms with Gasteiger partial charge >= 0.3 is 5.97 Å². The second-order valence-corrected chi connectivity index (χ2v) is 5.12. The summed E-state index contributed by atoms with van der Waals surface area (Å²) in [6, 6.07) is 8.48. The van der Waals surface area contributed by atoms with Gasteiger partial charge in [-0.15, -0.1) is 0 Å². The van der Waals surface area contributed by atoms with Gasteiger partial charge in [0.2, 0.25) is 0 Å². The topological polar surface area (TPSA) is 77.2 Å². The van der Waals surface area contributed by atoms with Crippen molar-refractivity contribution in [3.63, 3.8) is 0 Å². The van der Waals surface area contributed by atoms with Gasteiger partial charge in [0.05, 0.1) is 17.5 Å². The van der Waals surface area contributed by atoms with Gasteiger partial charge in [-0.25, -0.2) is 4.79 Å². The summed E-state index contributed by atoms with van der Waals surface area (Å²) in [6.45, 7) is 1.72. The molecule has 2 aromatic heterocycles. The number of hydrogen-bond acceptors (Lipinski definition) is 4. The lowest BCUT2D eigenvalue weighted by molar-refractivity contribution is 0.0695. The highest BCUT2D eigenvalue weighted by atomic mass is 16.5. The Hall–Kier alpha value is -3.15. The molecule has 0 spiro atoms. The molecule has 6 heteroatoms. The van der Waals surface area contributed by atoms with Gasteiger partial charge in [-0.2, -0.15) is 5.10 Å². The lowest BCUT2D eigenvalue weighted by Crippen LogP contribution is -2.01. The fourth-order valence-corrected chi connectivity index (χ4v) is 2.27. The molecule has 0 atom stereocenters. The third kappa shape index (κ3) is 3.06. The van der Waals surface area contributed by atoms with E-state index in [9.17, 15) is 9.90 Å². The molecule has 116 valence electrons. The zero-order valence-corrected chi connectivity index (χ0v) is 12.7. The van der Waals surface area contributed by atoms with Crippen LogP contribution >= 0.6 is 0 Å². The zero-order chi connectivity index (χ0) is 16.4. The molecule has 0 bridgehead atoms. The van der Waals surface area contributed by atoms with Gasteiger partial charge in [-0.1, -0.05) is 6.07 Å². The quantitative estimate of drug-likeness (QED) is 0.800. The molecule has 1 aromatic carbocycles. The molecule has 0 saturated carbocycles. The van der Waals surface area contributed by atoms with Gasteiger partial charge in [0.25, 0.3) is 0 Å². The molecule has 6 nitrogen and oxygen atoms in total. The molecular formula is C17H15N3O3. The Labute approximate surface area is 133 Å². The second kappa shape index (κ2) is 5.92. The molecule has 0 radical (unpaired) electrons. The van der Waals surface area contributed by atoms with E-state index in [4.69, 9.17) is 4.74 Å². The zero-order valence-electron chi connectivity index (χ0n) is 12.7. The lowest BCUT2D eigenvalue weighted by Gasteiger charge is -2.11. The third-order valence-corrected chi connectivity index (χ3v) is 3.47. The molecule has 0 saturated heterocycles. The minimum atomic E-state index is -0.973. The maximum absolute atomic E-state index is 11.2. The van der Waals surface area contributed by atoms with E-state index in [1.807, 2.05) is 13.2 Å².